The van der Waals surface area contributed by atoms with Gasteiger partial charge in [0.2, 0.25) is 5.91 Å². The van der Waals surface area contributed by atoms with E-state index in [2.05, 4.69) is 10.3 Å². The zero-order valence-corrected chi connectivity index (χ0v) is 15.2. The maximum atomic E-state index is 12.0. The average molecular weight is 348 g/mol. The lowest BCUT2D eigenvalue weighted by atomic mass is 10.2. The topological polar surface area (TPSA) is 60.5 Å². The number of carbonyl (C=O) groups is 1. The Morgan fingerprint density at radius 3 is 2.71 bits per heavy atom. The third kappa shape index (κ3) is 5.40. The van der Waals surface area contributed by atoms with E-state index < -0.39 is 0 Å². The van der Waals surface area contributed by atoms with Crippen molar-refractivity contribution in [1.82, 2.24) is 10.3 Å². The van der Waals surface area contributed by atoms with E-state index in [1.807, 2.05) is 44.2 Å². The molecule has 1 heterocycles. The molecule has 0 spiro atoms. The van der Waals surface area contributed by atoms with Crippen LogP contribution in [0.3, 0.4) is 0 Å². The van der Waals surface area contributed by atoms with Crippen molar-refractivity contribution in [2.75, 3.05) is 26.9 Å². The molecule has 24 heavy (non-hydrogen) atoms. The smallest absolute Gasteiger partial charge is 0.222 e. The first-order valence-electron chi connectivity index (χ1n) is 8.00. The van der Waals surface area contributed by atoms with Gasteiger partial charge in [-0.15, -0.1) is 11.3 Å². The van der Waals surface area contributed by atoms with Crippen molar-refractivity contribution < 1.29 is 14.3 Å². The molecule has 0 saturated carbocycles. The third-order valence-corrected chi connectivity index (χ3v) is 4.92. The van der Waals surface area contributed by atoms with Crippen molar-refractivity contribution in [3.8, 4) is 10.6 Å². The van der Waals surface area contributed by atoms with Crippen molar-refractivity contribution in [3.05, 3.63) is 40.9 Å². The second-order valence-corrected chi connectivity index (χ2v) is 6.51. The molecule has 1 N–H and O–H groups in total. The second-order valence-electron chi connectivity index (χ2n) is 5.48. The van der Waals surface area contributed by atoms with Crippen LogP contribution in [0.25, 0.3) is 10.6 Å². The maximum Gasteiger partial charge on any atom is 0.222 e. The lowest BCUT2D eigenvalue weighted by molar-refractivity contribution is -0.122. The highest BCUT2D eigenvalue weighted by Crippen LogP contribution is 2.31. The van der Waals surface area contributed by atoms with Crippen LogP contribution in [0.1, 0.15) is 30.0 Å². The zero-order chi connectivity index (χ0) is 17.4. The number of benzene rings is 1. The Morgan fingerprint density at radius 2 is 2.00 bits per heavy atom. The quantitative estimate of drug-likeness (QED) is 0.706. The third-order valence-electron chi connectivity index (χ3n) is 3.53. The molecule has 6 heteroatoms. The minimum absolute atomic E-state index is 0.0195. The maximum absolute atomic E-state index is 12.0. The summed E-state index contributed by atoms with van der Waals surface area (Å²) in [6, 6.07) is 10.0. The summed E-state index contributed by atoms with van der Waals surface area (Å²) in [7, 11) is 1.62. The van der Waals surface area contributed by atoms with Gasteiger partial charge in [-0.3, -0.25) is 4.79 Å². The van der Waals surface area contributed by atoms with Crippen molar-refractivity contribution in [1.29, 1.82) is 0 Å². The molecule has 0 fully saturated rings. The fourth-order valence-corrected chi connectivity index (χ4v) is 3.38. The van der Waals surface area contributed by atoms with Crippen LogP contribution in [-0.4, -0.2) is 37.8 Å². The fourth-order valence-electron chi connectivity index (χ4n) is 2.30. The lowest BCUT2D eigenvalue weighted by Crippen LogP contribution is -2.27. The Hall–Kier alpha value is -1.76. The number of aromatic nitrogens is 1. The van der Waals surface area contributed by atoms with Crippen LogP contribution in [0, 0.1) is 6.92 Å². The summed E-state index contributed by atoms with van der Waals surface area (Å²) < 4.78 is 10.2. The summed E-state index contributed by atoms with van der Waals surface area (Å²) in [5.41, 5.74) is 2.06. The summed E-state index contributed by atoms with van der Waals surface area (Å²) in [4.78, 5) is 17.7. The monoisotopic (exact) mass is 348 g/mol. The average Bonchev–Trinajstić information content (AvgIpc) is 2.97. The summed E-state index contributed by atoms with van der Waals surface area (Å²) in [5.74, 6) is -0.0195. The van der Waals surface area contributed by atoms with Crippen LogP contribution in [0.15, 0.2) is 30.3 Å². The minimum atomic E-state index is -0.0635. The van der Waals surface area contributed by atoms with E-state index >= 15 is 0 Å². The van der Waals surface area contributed by atoms with Gasteiger partial charge in [-0.1, -0.05) is 30.3 Å². The predicted octanol–water partition coefficient (Wildman–Crippen LogP) is 3.35. The normalized spacial score (nSPS) is 12.1. The highest BCUT2D eigenvalue weighted by atomic mass is 32.1. The summed E-state index contributed by atoms with van der Waals surface area (Å²) in [5, 5.41) is 3.99. The Balaban J connectivity index is 1.89. The van der Waals surface area contributed by atoms with Gasteiger partial charge >= 0.3 is 0 Å². The first kappa shape index (κ1) is 18.6. The molecule has 1 unspecified atom stereocenters. The van der Waals surface area contributed by atoms with Gasteiger partial charge in [-0.05, 0) is 13.8 Å². The summed E-state index contributed by atoms with van der Waals surface area (Å²) in [6.07, 6.45) is 0.345. The van der Waals surface area contributed by atoms with Gasteiger partial charge in [0.25, 0.3) is 0 Å². The number of rotatable bonds is 9. The highest BCUT2D eigenvalue weighted by Gasteiger charge is 2.17. The molecule has 0 saturated heterocycles. The van der Waals surface area contributed by atoms with E-state index in [4.69, 9.17) is 9.47 Å². The van der Waals surface area contributed by atoms with Crippen molar-refractivity contribution in [2.45, 2.75) is 26.3 Å². The number of hydrogen-bond acceptors (Lipinski definition) is 5. The van der Waals surface area contributed by atoms with Gasteiger partial charge in [-0.25, -0.2) is 4.98 Å². The molecular formula is C18H24N2O3S. The van der Waals surface area contributed by atoms with E-state index in [0.29, 0.717) is 26.2 Å². The van der Waals surface area contributed by atoms with E-state index in [1.165, 1.54) is 0 Å². The van der Waals surface area contributed by atoms with Crippen molar-refractivity contribution in [3.63, 3.8) is 0 Å². The molecule has 1 aromatic carbocycles. The van der Waals surface area contributed by atoms with Crippen LogP contribution in [0.5, 0.6) is 0 Å². The molecule has 1 atom stereocenters. The Kier molecular flexibility index (Phi) is 7.36. The molecule has 0 bridgehead atoms. The van der Waals surface area contributed by atoms with Crippen LogP contribution >= 0.6 is 11.3 Å². The molecule has 1 amide bonds. The van der Waals surface area contributed by atoms with Crippen LogP contribution in [-0.2, 0) is 14.3 Å². The van der Waals surface area contributed by atoms with Gasteiger partial charge in [-0.2, -0.15) is 0 Å². The van der Waals surface area contributed by atoms with Gasteiger partial charge in [0.05, 0.1) is 36.4 Å². The van der Waals surface area contributed by atoms with E-state index in [-0.39, 0.29) is 11.9 Å². The van der Waals surface area contributed by atoms with Crippen LogP contribution < -0.4 is 5.32 Å². The molecule has 5 nitrogen and oxygen atoms in total. The Bertz CT molecular complexity index is 643. The fraction of sp³-hybridized carbons (Fsp3) is 0.444. The number of ether oxygens (including phenoxy) is 2. The number of aryl methyl sites for hydroxylation is 1. The minimum Gasteiger partial charge on any atom is -0.382 e. The molecule has 1 aromatic heterocycles. The number of thiazole rings is 1. The Labute approximate surface area is 147 Å². The molecule has 0 aliphatic heterocycles. The lowest BCUT2D eigenvalue weighted by Gasteiger charge is -2.13. The molecular weight excluding hydrogens is 324 g/mol. The first-order valence-corrected chi connectivity index (χ1v) is 8.82. The van der Waals surface area contributed by atoms with Crippen molar-refractivity contribution >= 4 is 17.2 Å². The molecule has 0 radical (unpaired) electrons. The molecule has 0 aliphatic rings. The van der Waals surface area contributed by atoms with Gasteiger partial charge in [0, 0.05) is 19.1 Å². The number of carbonyl (C=O) groups excluding carboxylic acids is 1. The van der Waals surface area contributed by atoms with E-state index in [9.17, 15) is 4.79 Å². The van der Waals surface area contributed by atoms with Crippen LogP contribution in [0.4, 0.5) is 0 Å². The predicted molar refractivity (Wildman–Crippen MR) is 96.2 cm³/mol. The standard InChI is InChI=1S/C18H24N2O3S/c1-13(19-16(21)9-10-23-12-11-22-3)17-14(2)20-18(24-17)15-7-5-4-6-8-15/h4-8,13H,9-12H2,1-3H3,(H,19,21). The number of nitrogens with zero attached hydrogens (tertiary/aromatic N) is 1. The number of hydrogen-bond donors (Lipinski definition) is 1. The molecule has 130 valence electrons. The largest absolute Gasteiger partial charge is 0.382 e. The van der Waals surface area contributed by atoms with Gasteiger partial charge in [0.15, 0.2) is 0 Å². The first-order chi connectivity index (χ1) is 11.6. The molecule has 2 aromatic rings. The number of nitrogens with one attached hydrogen (secondary N) is 1. The molecule has 0 aliphatic carbocycles. The number of amides is 1. The summed E-state index contributed by atoms with van der Waals surface area (Å²) >= 11 is 1.62. The second kappa shape index (κ2) is 9.52. The summed E-state index contributed by atoms with van der Waals surface area (Å²) in [6.45, 7) is 5.42. The van der Waals surface area contributed by atoms with Crippen molar-refractivity contribution in [2.24, 2.45) is 0 Å². The zero-order valence-electron chi connectivity index (χ0n) is 14.4. The Morgan fingerprint density at radius 1 is 1.25 bits per heavy atom. The van der Waals surface area contributed by atoms with Crippen LogP contribution in [0.2, 0.25) is 0 Å². The van der Waals surface area contributed by atoms with E-state index in [1.54, 1.807) is 18.4 Å². The molecule has 2 rings (SSSR count). The van der Waals surface area contributed by atoms with Gasteiger partial charge < -0.3 is 14.8 Å². The van der Waals surface area contributed by atoms with Gasteiger partial charge in [0.1, 0.15) is 5.01 Å². The highest BCUT2D eigenvalue weighted by molar-refractivity contribution is 7.15. The van der Waals surface area contributed by atoms with E-state index in [0.717, 1.165) is 21.1 Å². The number of methoxy groups -OCH3 is 1. The SMILES string of the molecule is COCCOCCC(=O)NC(C)c1sc(-c2ccccc2)nc1C.